The molecule has 5 heteroatoms. The molecule has 1 saturated heterocycles. The number of nitrogens with zero attached hydrogens (tertiary/aromatic N) is 1. The molecule has 1 amide bonds. The third-order valence-corrected chi connectivity index (χ3v) is 7.08. The van der Waals surface area contributed by atoms with E-state index in [-0.39, 0.29) is 5.91 Å². The molecule has 2 aromatic rings. The van der Waals surface area contributed by atoms with Gasteiger partial charge in [0.1, 0.15) is 11.1 Å². The van der Waals surface area contributed by atoms with Crippen molar-refractivity contribution in [2.24, 2.45) is 5.92 Å². The van der Waals surface area contributed by atoms with Crippen molar-refractivity contribution in [2.45, 2.75) is 38.5 Å². The van der Waals surface area contributed by atoms with Gasteiger partial charge in [-0.25, -0.2) is 0 Å². The second-order valence-electron chi connectivity index (χ2n) is 7.78. The van der Waals surface area contributed by atoms with Gasteiger partial charge in [0.25, 0.3) is 5.91 Å². The Kier molecular flexibility index (Phi) is 5.56. The molecule has 0 saturated carbocycles. The molecule has 2 heterocycles. The topological polar surface area (TPSA) is 57.3 Å². The molecule has 0 atom stereocenters. The Hall–Kier alpha value is -2.16. The number of anilines is 1. The van der Waals surface area contributed by atoms with Crippen molar-refractivity contribution in [3.05, 3.63) is 51.9 Å². The van der Waals surface area contributed by atoms with Crippen LogP contribution in [-0.2, 0) is 24.1 Å². The number of carbonyl (C=O) groups is 1. The van der Waals surface area contributed by atoms with Crippen LogP contribution in [0.15, 0.2) is 30.3 Å². The average Bonchev–Trinajstić information content (AvgIpc) is 3.25. The van der Waals surface area contributed by atoms with Gasteiger partial charge < -0.3 is 10.2 Å². The van der Waals surface area contributed by atoms with Gasteiger partial charge in [-0.15, -0.1) is 11.3 Å². The molecule has 1 aliphatic carbocycles. The van der Waals surface area contributed by atoms with E-state index in [1.165, 1.54) is 33.7 Å². The molecule has 1 aromatic heterocycles. The average molecular weight is 381 g/mol. The second kappa shape index (κ2) is 8.24. The molecule has 0 spiro atoms. The zero-order valence-corrected chi connectivity index (χ0v) is 16.4. The summed E-state index contributed by atoms with van der Waals surface area (Å²) in [4.78, 5) is 15.2. The van der Waals surface area contributed by atoms with Crippen LogP contribution in [0.4, 0.5) is 5.00 Å². The summed E-state index contributed by atoms with van der Waals surface area (Å²) in [5.74, 6) is 0.771. The fourth-order valence-electron chi connectivity index (χ4n) is 4.42. The van der Waals surface area contributed by atoms with E-state index in [1.54, 1.807) is 11.3 Å². The third kappa shape index (κ3) is 4.23. The number of piperidine rings is 1. The van der Waals surface area contributed by atoms with Gasteiger partial charge in [0.05, 0.1) is 18.7 Å². The van der Waals surface area contributed by atoms with Crippen molar-refractivity contribution in [3.63, 3.8) is 0 Å². The highest BCUT2D eigenvalue weighted by molar-refractivity contribution is 7.16. The van der Waals surface area contributed by atoms with Crippen LogP contribution in [-0.4, -0.2) is 25.5 Å². The van der Waals surface area contributed by atoms with E-state index in [1.807, 2.05) is 0 Å². The van der Waals surface area contributed by atoms with Crippen molar-refractivity contribution in [1.29, 1.82) is 5.26 Å². The number of nitriles is 1. The van der Waals surface area contributed by atoms with Crippen molar-refractivity contribution in [2.75, 3.05) is 25.0 Å². The highest BCUT2D eigenvalue weighted by atomic mass is 32.1. The number of thiophene rings is 1. The lowest BCUT2D eigenvalue weighted by Crippen LogP contribution is -3.14. The van der Waals surface area contributed by atoms with Crippen LogP contribution in [0.2, 0.25) is 0 Å². The minimum Gasteiger partial charge on any atom is -0.327 e. The molecule has 1 fully saturated rings. The first-order valence-corrected chi connectivity index (χ1v) is 10.8. The number of fused-ring (bicyclic) bond motifs is 1. The minimum absolute atomic E-state index is 0.0444. The van der Waals surface area contributed by atoms with Crippen molar-refractivity contribution in [3.8, 4) is 6.07 Å². The number of amides is 1. The smallest absolute Gasteiger partial charge is 0.280 e. The molecule has 140 valence electrons. The standard InChI is InChI=1S/C22H25N3OS/c23-14-19-18-7-4-8-20(18)27-22(19)24-21(26)15-25-11-9-17(10-12-25)13-16-5-2-1-3-6-16/h1-3,5-6,17H,4,7-13,15H2,(H,24,26)/p+1. The van der Waals surface area contributed by atoms with E-state index in [0.717, 1.165) is 49.7 Å². The molecule has 0 unspecified atom stereocenters. The zero-order chi connectivity index (χ0) is 18.6. The van der Waals surface area contributed by atoms with Crippen molar-refractivity contribution >= 4 is 22.2 Å². The SMILES string of the molecule is N#Cc1c(NC(=O)C[NH+]2CCC(Cc3ccccc3)CC2)sc2c1CCC2. The Balaban J connectivity index is 1.27. The van der Waals surface area contributed by atoms with Crippen LogP contribution < -0.4 is 10.2 Å². The summed E-state index contributed by atoms with van der Waals surface area (Å²) >= 11 is 1.60. The predicted molar refractivity (Wildman–Crippen MR) is 108 cm³/mol. The Bertz CT molecular complexity index is 844. The number of likely N-dealkylation sites (tertiary alicyclic amines) is 1. The molecule has 0 radical (unpaired) electrons. The van der Waals surface area contributed by atoms with Gasteiger partial charge in [-0.05, 0) is 55.6 Å². The number of aryl methyl sites for hydroxylation is 1. The summed E-state index contributed by atoms with van der Waals surface area (Å²) < 4.78 is 0. The number of nitrogens with one attached hydrogen (secondary N) is 2. The molecule has 1 aromatic carbocycles. The highest BCUT2D eigenvalue weighted by Gasteiger charge is 2.26. The maximum atomic E-state index is 12.5. The van der Waals surface area contributed by atoms with Crippen LogP contribution >= 0.6 is 11.3 Å². The fourth-order valence-corrected chi connectivity index (χ4v) is 5.68. The largest absolute Gasteiger partial charge is 0.327 e. The first-order valence-electron chi connectivity index (χ1n) is 9.95. The van der Waals surface area contributed by atoms with Crippen LogP contribution in [0.5, 0.6) is 0 Å². The monoisotopic (exact) mass is 380 g/mol. The zero-order valence-electron chi connectivity index (χ0n) is 15.6. The Morgan fingerprint density at radius 1 is 1.22 bits per heavy atom. The van der Waals surface area contributed by atoms with E-state index < -0.39 is 0 Å². The number of hydrogen-bond donors (Lipinski definition) is 2. The van der Waals surface area contributed by atoms with Gasteiger partial charge in [-0.2, -0.15) is 5.26 Å². The van der Waals surface area contributed by atoms with Crippen molar-refractivity contribution < 1.29 is 9.69 Å². The van der Waals surface area contributed by atoms with Gasteiger partial charge in [0, 0.05) is 4.88 Å². The maximum Gasteiger partial charge on any atom is 0.280 e. The molecule has 27 heavy (non-hydrogen) atoms. The van der Waals surface area contributed by atoms with E-state index in [4.69, 9.17) is 0 Å². The second-order valence-corrected chi connectivity index (χ2v) is 8.89. The molecular weight excluding hydrogens is 354 g/mol. The summed E-state index contributed by atoms with van der Waals surface area (Å²) in [7, 11) is 0. The van der Waals surface area contributed by atoms with Gasteiger partial charge in [-0.1, -0.05) is 30.3 Å². The van der Waals surface area contributed by atoms with Gasteiger partial charge in [0.2, 0.25) is 0 Å². The Labute approximate surface area is 164 Å². The first kappa shape index (κ1) is 18.2. The van der Waals surface area contributed by atoms with Gasteiger partial charge >= 0.3 is 0 Å². The van der Waals surface area contributed by atoms with Gasteiger partial charge in [-0.3, -0.25) is 4.79 Å². The van der Waals surface area contributed by atoms with E-state index >= 15 is 0 Å². The van der Waals surface area contributed by atoms with Crippen molar-refractivity contribution in [1.82, 2.24) is 0 Å². The predicted octanol–water partition coefficient (Wildman–Crippen LogP) is 2.58. The highest BCUT2D eigenvalue weighted by Crippen LogP contribution is 2.38. The van der Waals surface area contributed by atoms with Crippen LogP contribution in [0, 0.1) is 17.2 Å². The Morgan fingerprint density at radius 3 is 2.74 bits per heavy atom. The molecule has 2 N–H and O–H groups in total. The Morgan fingerprint density at radius 2 is 2.00 bits per heavy atom. The lowest BCUT2D eigenvalue weighted by Gasteiger charge is -2.28. The fraction of sp³-hybridized carbons (Fsp3) is 0.455. The number of rotatable bonds is 5. The maximum absolute atomic E-state index is 12.5. The molecular formula is C22H26N3OS+. The first-order chi connectivity index (χ1) is 13.2. The summed E-state index contributed by atoms with van der Waals surface area (Å²) in [6.07, 6.45) is 6.65. The van der Waals surface area contributed by atoms with E-state index in [2.05, 4.69) is 41.7 Å². The quantitative estimate of drug-likeness (QED) is 0.838. The van der Waals surface area contributed by atoms with Crippen LogP contribution in [0.3, 0.4) is 0 Å². The molecule has 4 nitrogen and oxygen atoms in total. The summed E-state index contributed by atoms with van der Waals surface area (Å²) in [5.41, 5.74) is 3.29. The molecule has 1 aliphatic heterocycles. The summed E-state index contributed by atoms with van der Waals surface area (Å²) in [6.45, 7) is 2.61. The van der Waals surface area contributed by atoms with Gasteiger partial charge in [0.15, 0.2) is 6.54 Å². The molecule has 2 aliphatic rings. The summed E-state index contributed by atoms with van der Waals surface area (Å²) in [5, 5.41) is 13.3. The van der Waals surface area contributed by atoms with E-state index in [0.29, 0.717) is 12.1 Å². The lowest BCUT2D eigenvalue weighted by molar-refractivity contribution is -0.898. The lowest BCUT2D eigenvalue weighted by atomic mass is 9.90. The number of hydrogen-bond acceptors (Lipinski definition) is 3. The number of carbonyl (C=O) groups excluding carboxylic acids is 1. The molecule has 4 rings (SSSR count). The van der Waals surface area contributed by atoms with Crippen LogP contribution in [0.1, 0.15) is 40.8 Å². The minimum atomic E-state index is 0.0444. The molecule has 0 bridgehead atoms. The summed E-state index contributed by atoms with van der Waals surface area (Å²) in [6, 6.07) is 13.0. The van der Waals surface area contributed by atoms with Crippen LogP contribution in [0.25, 0.3) is 0 Å². The normalized spacial score (nSPS) is 21.4. The third-order valence-electron chi connectivity index (χ3n) is 5.88. The number of quaternary nitrogens is 1. The van der Waals surface area contributed by atoms with E-state index in [9.17, 15) is 10.1 Å². The number of benzene rings is 1.